The lowest BCUT2D eigenvalue weighted by Gasteiger charge is -2.50. The maximum Gasteiger partial charge on any atom is 0.200 e. The monoisotopic (exact) mass is 250 g/mol. The van der Waals surface area contributed by atoms with Crippen molar-refractivity contribution in [2.24, 2.45) is 5.92 Å². The number of carbonyl (C=O) groups is 1. The van der Waals surface area contributed by atoms with Crippen LogP contribution in [0, 0.1) is 5.92 Å². The molecule has 0 N–H and O–H groups in total. The molecule has 1 saturated heterocycles. The van der Waals surface area contributed by atoms with Gasteiger partial charge in [-0.1, -0.05) is 42.5 Å². The van der Waals surface area contributed by atoms with Gasteiger partial charge in [0.2, 0.25) is 5.78 Å². The number of carbonyl (C=O) groups excluding carboxylic acids is 1. The van der Waals surface area contributed by atoms with Crippen LogP contribution in [0.15, 0.2) is 49.1 Å². The Hall–Kier alpha value is -1.93. The van der Waals surface area contributed by atoms with Crippen LogP contribution in [0.25, 0.3) is 10.8 Å². The van der Waals surface area contributed by atoms with Crippen molar-refractivity contribution in [3.63, 3.8) is 0 Å². The summed E-state index contributed by atoms with van der Waals surface area (Å²) in [4.78, 5) is 12.8. The molecule has 1 aliphatic heterocycles. The van der Waals surface area contributed by atoms with Crippen molar-refractivity contribution in [2.45, 2.75) is 18.6 Å². The predicted molar refractivity (Wildman–Crippen MR) is 74.2 cm³/mol. The standard InChI is InChI=1S/C17H14O2/c1-3-13-10(2)19-17(13)14-9-5-7-11-6-4-8-12(15(11)14)16(17)18/h3-10,13H,1H2,2H3. The number of Topliss-reactive ketones (excluding diaryl/α,β-unsaturated/α-hetero) is 1. The smallest absolute Gasteiger partial charge is 0.200 e. The van der Waals surface area contributed by atoms with Gasteiger partial charge in [-0.3, -0.25) is 4.79 Å². The molecule has 2 heteroatoms. The van der Waals surface area contributed by atoms with E-state index in [9.17, 15) is 4.79 Å². The predicted octanol–water partition coefficient (Wildman–Crippen LogP) is 3.45. The molecule has 2 nitrogen and oxygen atoms in total. The number of hydrogen-bond acceptors (Lipinski definition) is 2. The van der Waals surface area contributed by atoms with E-state index in [0.717, 1.165) is 21.9 Å². The zero-order valence-corrected chi connectivity index (χ0v) is 10.7. The second kappa shape index (κ2) is 3.34. The quantitative estimate of drug-likeness (QED) is 0.724. The fourth-order valence-electron chi connectivity index (χ4n) is 3.67. The summed E-state index contributed by atoms with van der Waals surface area (Å²) in [5.41, 5.74) is 0.977. The number of ether oxygens (including phenoxy) is 1. The SMILES string of the molecule is C=CC1C(C)OC12C(=O)c1cccc3cccc2c13. The molecule has 2 aromatic rings. The molecule has 0 radical (unpaired) electrons. The lowest BCUT2D eigenvalue weighted by molar-refractivity contribution is -0.209. The summed E-state index contributed by atoms with van der Waals surface area (Å²) in [6.45, 7) is 5.88. The Morgan fingerprint density at radius 1 is 1.26 bits per heavy atom. The summed E-state index contributed by atoms with van der Waals surface area (Å²) < 4.78 is 5.96. The largest absolute Gasteiger partial charge is 0.358 e. The molecule has 1 fully saturated rings. The van der Waals surface area contributed by atoms with Crippen LogP contribution in [0.4, 0.5) is 0 Å². The van der Waals surface area contributed by atoms with Gasteiger partial charge in [0.15, 0.2) is 5.60 Å². The van der Waals surface area contributed by atoms with Gasteiger partial charge in [-0.25, -0.2) is 0 Å². The second-order valence-corrected chi connectivity index (χ2v) is 5.36. The first kappa shape index (κ1) is 10.9. The van der Waals surface area contributed by atoms with Gasteiger partial charge < -0.3 is 4.74 Å². The van der Waals surface area contributed by atoms with E-state index in [0.29, 0.717) is 0 Å². The van der Waals surface area contributed by atoms with Crippen molar-refractivity contribution in [1.82, 2.24) is 0 Å². The average Bonchev–Trinajstić information content (AvgIpc) is 2.66. The highest BCUT2D eigenvalue weighted by molar-refractivity contribution is 6.20. The van der Waals surface area contributed by atoms with E-state index in [1.54, 1.807) is 0 Å². The van der Waals surface area contributed by atoms with Crippen molar-refractivity contribution in [3.8, 4) is 0 Å². The van der Waals surface area contributed by atoms with Crippen molar-refractivity contribution in [3.05, 3.63) is 60.2 Å². The Labute approximate surface area is 111 Å². The Kier molecular flexibility index (Phi) is 1.92. The third-order valence-corrected chi connectivity index (χ3v) is 4.49. The summed E-state index contributed by atoms with van der Waals surface area (Å²) in [5, 5.41) is 2.15. The third kappa shape index (κ3) is 1.05. The van der Waals surface area contributed by atoms with Gasteiger partial charge in [0.05, 0.1) is 6.10 Å². The van der Waals surface area contributed by atoms with Crippen LogP contribution in [0.2, 0.25) is 0 Å². The minimum atomic E-state index is -0.815. The Morgan fingerprint density at radius 2 is 2.00 bits per heavy atom. The van der Waals surface area contributed by atoms with Crippen LogP contribution in [-0.2, 0) is 10.3 Å². The molecule has 3 unspecified atom stereocenters. The fraction of sp³-hybridized carbons (Fsp3) is 0.235. The number of hydrogen-bond donors (Lipinski definition) is 0. The maximum absolute atomic E-state index is 12.8. The summed E-state index contributed by atoms with van der Waals surface area (Å²) in [6, 6.07) is 11.9. The number of ketones is 1. The first-order chi connectivity index (χ1) is 9.20. The van der Waals surface area contributed by atoms with Crippen LogP contribution < -0.4 is 0 Å². The molecule has 1 aliphatic carbocycles. The summed E-state index contributed by atoms with van der Waals surface area (Å²) >= 11 is 0. The molecule has 2 aliphatic rings. The van der Waals surface area contributed by atoms with E-state index < -0.39 is 5.60 Å². The lowest BCUT2D eigenvalue weighted by Crippen LogP contribution is -2.58. The molecule has 1 heterocycles. The molecular weight excluding hydrogens is 236 g/mol. The summed E-state index contributed by atoms with van der Waals surface area (Å²) in [7, 11) is 0. The third-order valence-electron chi connectivity index (χ3n) is 4.49. The van der Waals surface area contributed by atoms with Crippen molar-refractivity contribution in [1.29, 1.82) is 0 Å². The van der Waals surface area contributed by atoms with E-state index in [-0.39, 0.29) is 17.8 Å². The van der Waals surface area contributed by atoms with E-state index in [2.05, 4.69) is 6.58 Å². The lowest BCUT2D eigenvalue weighted by atomic mass is 9.72. The van der Waals surface area contributed by atoms with Crippen LogP contribution in [0.3, 0.4) is 0 Å². The maximum atomic E-state index is 12.8. The van der Waals surface area contributed by atoms with Crippen molar-refractivity contribution >= 4 is 16.6 Å². The van der Waals surface area contributed by atoms with Crippen LogP contribution in [0.1, 0.15) is 22.8 Å². The molecule has 0 bridgehead atoms. The Bertz CT molecular complexity index is 726. The van der Waals surface area contributed by atoms with Gasteiger partial charge in [-0.15, -0.1) is 6.58 Å². The topological polar surface area (TPSA) is 26.3 Å². The van der Waals surface area contributed by atoms with Crippen molar-refractivity contribution < 1.29 is 9.53 Å². The molecule has 19 heavy (non-hydrogen) atoms. The summed E-state index contributed by atoms with van der Waals surface area (Å²) in [5.74, 6) is 0.139. The minimum Gasteiger partial charge on any atom is -0.358 e. The normalized spacial score (nSPS) is 31.7. The molecule has 2 aromatic carbocycles. The zero-order chi connectivity index (χ0) is 13.2. The molecule has 1 spiro atoms. The van der Waals surface area contributed by atoms with Gasteiger partial charge >= 0.3 is 0 Å². The highest BCUT2D eigenvalue weighted by Crippen LogP contribution is 2.55. The van der Waals surface area contributed by atoms with Gasteiger partial charge in [-0.05, 0) is 17.7 Å². The fourth-order valence-corrected chi connectivity index (χ4v) is 3.67. The first-order valence-electron chi connectivity index (χ1n) is 6.57. The van der Waals surface area contributed by atoms with E-state index in [4.69, 9.17) is 4.74 Å². The van der Waals surface area contributed by atoms with Gasteiger partial charge in [-0.2, -0.15) is 0 Å². The van der Waals surface area contributed by atoms with E-state index >= 15 is 0 Å². The summed E-state index contributed by atoms with van der Waals surface area (Å²) in [6.07, 6.45) is 1.91. The molecule has 0 saturated carbocycles. The minimum absolute atomic E-state index is 0.0472. The number of benzene rings is 2. The van der Waals surface area contributed by atoms with Crippen molar-refractivity contribution in [2.75, 3.05) is 0 Å². The molecule has 0 amide bonds. The highest BCUT2D eigenvalue weighted by atomic mass is 16.5. The molecular formula is C17H14O2. The van der Waals surface area contributed by atoms with Crippen LogP contribution in [-0.4, -0.2) is 11.9 Å². The second-order valence-electron chi connectivity index (χ2n) is 5.36. The van der Waals surface area contributed by atoms with Gasteiger partial charge in [0, 0.05) is 17.0 Å². The number of fused-ring (bicyclic) bond motifs is 1. The Balaban J connectivity index is 2.08. The molecule has 4 rings (SSSR count). The zero-order valence-electron chi connectivity index (χ0n) is 10.7. The first-order valence-corrected chi connectivity index (χ1v) is 6.57. The number of rotatable bonds is 1. The van der Waals surface area contributed by atoms with E-state index in [1.807, 2.05) is 49.4 Å². The van der Waals surface area contributed by atoms with Gasteiger partial charge in [0.1, 0.15) is 0 Å². The van der Waals surface area contributed by atoms with Crippen LogP contribution in [0.5, 0.6) is 0 Å². The van der Waals surface area contributed by atoms with E-state index in [1.165, 1.54) is 0 Å². The molecule has 94 valence electrons. The Morgan fingerprint density at radius 3 is 2.68 bits per heavy atom. The van der Waals surface area contributed by atoms with Gasteiger partial charge in [0.25, 0.3) is 0 Å². The molecule has 0 aromatic heterocycles. The van der Waals surface area contributed by atoms with Crippen LogP contribution >= 0.6 is 0 Å². The highest BCUT2D eigenvalue weighted by Gasteiger charge is 2.62. The average molecular weight is 250 g/mol. The molecule has 3 atom stereocenters.